The van der Waals surface area contributed by atoms with Crippen molar-refractivity contribution in [3.05, 3.63) is 71.9 Å². The highest BCUT2D eigenvalue weighted by Crippen LogP contribution is 2.16. The SMILES string of the molecule is COc1ccc([CH]c2cccc(F)c2)cc1. The minimum Gasteiger partial charge on any atom is -0.497 e. The average Bonchev–Trinajstić information content (AvgIpc) is 2.30. The molecule has 0 saturated heterocycles. The largest absolute Gasteiger partial charge is 0.497 e. The van der Waals surface area contributed by atoms with Gasteiger partial charge in [0.25, 0.3) is 0 Å². The number of hydrogen-bond donors (Lipinski definition) is 0. The molecule has 0 saturated carbocycles. The third-order valence-corrected chi connectivity index (χ3v) is 2.30. The molecule has 0 N–H and O–H groups in total. The number of halogens is 1. The molecule has 0 heterocycles. The Morgan fingerprint density at radius 1 is 1.00 bits per heavy atom. The van der Waals surface area contributed by atoms with Crippen molar-refractivity contribution in [1.82, 2.24) is 0 Å². The van der Waals surface area contributed by atoms with Crippen molar-refractivity contribution in [1.29, 1.82) is 0 Å². The first kappa shape index (κ1) is 10.7. The molecule has 16 heavy (non-hydrogen) atoms. The van der Waals surface area contributed by atoms with Crippen LogP contribution in [0.3, 0.4) is 0 Å². The van der Waals surface area contributed by atoms with Gasteiger partial charge < -0.3 is 4.74 Å². The molecule has 1 nitrogen and oxygen atoms in total. The molecular weight excluding hydrogens is 203 g/mol. The van der Waals surface area contributed by atoms with Crippen LogP contribution in [-0.4, -0.2) is 7.11 Å². The van der Waals surface area contributed by atoms with Gasteiger partial charge in [0.15, 0.2) is 0 Å². The second kappa shape index (κ2) is 4.79. The highest BCUT2D eigenvalue weighted by atomic mass is 19.1. The molecule has 0 fully saturated rings. The summed E-state index contributed by atoms with van der Waals surface area (Å²) in [7, 11) is 1.63. The molecule has 0 aliphatic carbocycles. The summed E-state index contributed by atoms with van der Waals surface area (Å²) < 4.78 is 18.0. The zero-order chi connectivity index (χ0) is 11.4. The maximum absolute atomic E-state index is 12.9. The van der Waals surface area contributed by atoms with Crippen molar-refractivity contribution < 1.29 is 9.13 Å². The van der Waals surface area contributed by atoms with Crippen LogP contribution in [0, 0.1) is 12.2 Å². The second-order valence-corrected chi connectivity index (χ2v) is 3.47. The lowest BCUT2D eigenvalue weighted by Crippen LogP contribution is -1.87. The van der Waals surface area contributed by atoms with Gasteiger partial charge >= 0.3 is 0 Å². The van der Waals surface area contributed by atoms with Gasteiger partial charge in [-0.25, -0.2) is 4.39 Å². The molecular formula is C14H12FO. The third kappa shape index (κ3) is 2.60. The van der Waals surface area contributed by atoms with Crippen LogP contribution in [0.5, 0.6) is 5.75 Å². The third-order valence-electron chi connectivity index (χ3n) is 2.30. The van der Waals surface area contributed by atoms with Crippen molar-refractivity contribution in [2.45, 2.75) is 0 Å². The quantitative estimate of drug-likeness (QED) is 0.762. The van der Waals surface area contributed by atoms with Crippen LogP contribution in [0.4, 0.5) is 4.39 Å². The molecule has 0 atom stereocenters. The van der Waals surface area contributed by atoms with E-state index in [9.17, 15) is 4.39 Å². The molecule has 0 aromatic heterocycles. The van der Waals surface area contributed by atoms with E-state index in [0.717, 1.165) is 16.9 Å². The monoisotopic (exact) mass is 215 g/mol. The fourth-order valence-electron chi connectivity index (χ4n) is 1.49. The van der Waals surface area contributed by atoms with Crippen LogP contribution in [0.1, 0.15) is 11.1 Å². The van der Waals surface area contributed by atoms with Gasteiger partial charge in [0, 0.05) is 6.42 Å². The molecule has 0 aliphatic rings. The number of ether oxygens (including phenoxy) is 1. The molecule has 0 amide bonds. The van der Waals surface area contributed by atoms with Crippen LogP contribution in [-0.2, 0) is 0 Å². The van der Waals surface area contributed by atoms with Gasteiger partial charge in [-0.05, 0) is 35.4 Å². The predicted octanol–water partition coefficient (Wildman–Crippen LogP) is 3.43. The van der Waals surface area contributed by atoms with Gasteiger partial charge in [-0.1, -0.05) is 24.3 Å². The first-order chi connectivity index (χ1) is 7.78. The molecule has 0 bridgehead atoms. The average molecular weight is 215 g/mol. The second-order valence-electron chi connectivity index (χ2n) is 3.47. The van der Waals surface area contributed by atoms with E-state index in [2.05, 4.69) is 0 Å². The number of hydrogen-bond acceptors (Lipinski definition) is 1. The first-order valence-corrected chi connectivity index (χ1v) is 5.02. The summed E-state index contributed by atoms with van der Waals surface area (Å²) in [5.41, 5.74) is 1.87. The Balaban J connectivity index is 2.14. The molecule has 2 aromatic carbocycles. The van der Waals surface area contributed by atoms with E-state index >= 15 is 0 Å². The summed E-state index contributed by atoms with van der Waals surface area (Å²) in [6, 6.07) is 14.1. The molecule has 2 aromatic rings. The van der Waals surface area contributed by atoms with E-state index in [1.165, 1.54) is 12.1 Å². The van der Waals surface area contributed by atoms with Gasteiger partial charge in [0.05, 0.1) is 7.11 Å². The highest BCUT2D eigenvalue weighted by Gasteiger charge is 1.99. The van der Waals surface area contributed by atoms with Gasteiger partial charge in [0.1, 0.15) is 11.6 Å². The summed E-state index contributed by atoms with van der Waals surface area (Å²) in [4.78, 5) is 0. The Hall–Kier alpha value is -1.83. The smallest absolute Gasteiger partial charge is 0.123 e. The Morgan fingerprint density at radius 2 is 1.75 bits per heavy atom. The van der Waals surface area contributed by atoms with Crippen molar-refractivity contribution in [2.75, 3.05) is 7.11 Å². The van der Waals surface area contributed by atoms with Crippen LogP contribution < -0.4 is 4.74 Å². The molecule has 0 spiro atoms. The summed E-state index contributed by atoms with van der Waals surface area (Å²) in [5, 5.41) is 0. The first-order valence-electron chi connectivity index (χ1n) is 5.02. The summed E-state index contributed by atoms with van der Waals surface area (Å²) in [6.07, 6.45) is 1.92. The van der Waals surface area contributed by atoms with E-state index in [-0.39, 0.29) is 5.82 Å². The van der Waals surface area contributed by atoms with Gasteiger partial charge in [-0.3, -0.25) is 0 Å². The van der Waals surface area contributed by atoms with Crippen molar-refractivity contribution in [2.24, 2.45) is 0 Å². The Kier molecular flexibility index (Phi) is 3.20. The molecule has 2 heteroatoms. The highest BCUT2D eigenvalue weighted by molar-refractivity contribution is 5.39. The summed E-state index contributed by atoms with van der Waals surface area (Å²) in [6.45, 7) is 0. The zero-order valence-corrected chi connectivity index (χ0v) is 8.98. The lowest BCUT2D eigenvalue weighted by molar-refractivity contribution is 0.414. The van der Waals surface area contributed by atoms with E-state index in [1.807, 2.05) is 36.8 Å². The van der Waals surface area contributed by atoms with Crippen LogP contribution in [0.15, 0.2) is 48.5 Å². The van der Waals surface area contributed by atoms with Crippen LogP contribution in [0.25, 0.3) is 0 Å². The van der Waals surface area contributed by atoms with Crippen LogP contribution in [0.2, 0.25) is 0 Å². The molecule has 2 rings (SSSR count). The molecule has 0 unspecified atom stereocenters. The van der Waals surface area contributed by atoms with Gasteiger partial charge in [-0.15, -0.1) is 0 Å². The van der Waals surface area contributed by atoms with E-state index in [0.29, 0.717) is 0 Å². The maximum Gasteiger partial charge on any atom is 0.123 e. The zero-order valence-electron chi connectivity index (χ0n) is 8.98. The Bertz CT molecular complexity index is 462. The van der Waals surface area contributed by atoms with E-state index in [4.69, 9.17) is 4.74 Å². The van der Waals surface area contributed by atoms with Crippen LogP contribution >= 0.6 is 0 Å². The summed E-state index contributed by atoms with van der Waals surface area (Å²) in [5.74, 6) is 0.596. The van der Waals surface area contributed by atoms with E-state index < -0.39 is 0 Å². The van der Waals surface area contributed by atoms with Gasteiger partial charge in [0.2, 0.25) is 0 Å². The fraction of sp³-hybridized carbons (Fsp3) is 0.0714. The lowest BCUT2D eigenvalue weighted by atomic mass is 10.1. The molecule has 1 radical (unpaired) electrons. The lowest BCUT2D eigenvalue weighted by Gasteiger charge is -2.03. The maximum atomic E-state index is 12.9. The van der Waals surface area contributed by atoms with Crippen molar-refractivity contribution >= 4 is 0 Å². The molecule has 0 aliphatic heterocycles. The standard InChI is InChI=1S/C14H12FO/c1-16-14-7-5-11(6-8-14)9-12-3-2-4-13(15)10-12/h2-10H,1H3. The Labute approximate surface area is 94.5 Å². The topological polar surface area (TPSA) is 9.23 Å². The summed E-state index contributed by atoms with van der Waals surface area (Å²) >= 11 is 0. The fourth-order valence-corrected chi connectivity index (χ4v) is 1.49. The molecule has 81 valence electrons. The minimum absolute atomic E-state index is 0.220. The number of benzene rings is 2. The predicted molar refractivity (Wildman–Crippen MR) is 61.9 cm³/mol. The van der Waals surface area contributed by atoms with Crippen molar-refractivity contribution in [3.63, 3.8) is 0 Å². The van der Waals surface area contributed by atoms with Crippen molar-refractivity contribution in [3.8, 4) is 5.75 Å². The van der Waals surface area contributed by atoms with Gasteiger partial charge in [-0.2, -0.15) is 0 Å². The number of rotatable bonds is 3. The Morgan fingerprint density at radius 3 is 2.38 bits per heavy atom. The minimum atomic E-state index is -0.220. The van der Waals surface area contributed by atoms with E-state index in [1.54, 1.807) is 13.2 Å². The number of methoxy groups -OCH3 is 1. The normalized spacial score (nSPS) is 10.1.